The molecular formula is C11H20N2O3. The van der Waals surface area contributed by atoms with Crippen molar-refractivity contribution >= 4 is 12.0 Å². The third kappa shape index (κ3) is 4.51. The van der Waals surface area contributed by atoms with Crippen molar-refractivity contribution < 1.29 is 14.7 Å². The average Bonchev–Trinajstić information content (AvgIpc) is 2.25. The van der Waals surface area contributed by atoms with Gasteiger partial charge in [0.2, 0.25) is 0 Å². The lowest BCUT2D eigenvalue weighted by Crippen LogP contribution is -2.46. The summed E-state index contributed by atoms with van der Waals surface area (Å²) in [6, 6.07) is 0.0108. The van der Waals surface area contributed by atoms with Crippen LogP contribution >= 0.6 is 0 Å². The Bertz CT molecular complexity index is 256. The number of nitrogens with one attached hydrogen (secondary N) is 1. The fraction of sp³-hybridized carbons (Fsp3) is 0.818. The summed E-state index contributed by atoms with van der Waals surface area (Å²) in [6.07, 6.45) is 2.77. The van der Waals surface area contributed by atoms with Crippen molar-refractivity contribution in [3.8, 4) is 0 Å². The Hall–Kier alpha value is -1.26. The first-order valence-corrected chi connectivity index (χ1v) is 5.84. The van der Waals surface area contributed by atoms with Gasteiger partial charge in [0.25, 0.3) is 0 Å². The minimum absolute atomic E-state index is 0.0108. The number of hydrogen-bond acceptors (Lipinski definition) is 2. The van der Waals surface area contributed by atoms with Crippen molar-refractivity contribution in [2.75, 3.05) is 19.6 Å². The van der Waals surface area contributed by atoms with Gasteiger partial charge in [-0.15, -0.1) is 0 Å². The highest BCUT2D eigenvalue weighted by Crippen LogP contribution is 2.12. The lowest BCUT2D eigenvalue weighted by molar-refractivity contribution is -0.137. The molecule has 5 nitrogen and oxygen atoms in total. The summed E-state index contributed by atoms with van der Waals surface area (Å²) in [5, 5.41) is 11.3. The molecule has 1 saturated heterocycles. The Morgan fingerprint density at radius 2 is 2.31 bits per heavy atom. The molecule has 1 aliphatic rings. The molecule has 5 heteroatoms. The first-order chi connectivity index (χ1) is 7.59. The van der Waals surface area contributed by atoms with Gasteiger partial charge >= 0.3 is 12.0 Å². The minimum atomic E-state index is -0.748. The summed E-state index contributed by atoms with van der Waals surface area (Å²) in [7, 11) is 0. The van der Waals surface area contributed by atoms with Crippen LogP contribution in [0, 0.1) is 5.92 Å². The van der Waals surface area contributed by atoms with Crippen LogP contribution < -0.4 is 5.32 Å². The molecule has 0 radical (unpaired) electrons. The molecule has 1 atom stereocenters. The normalized spacial score (nSPS) is 18.1. The molecule has 92 valence electrons. The van der Waals surface area contributed by atoms with E-state index in [1.165, 1.54) is 0 Å². The number of aliphatic carboxylic acids is 1. The largest absolute Gasteiger partial charge is 0.481 e. The third-order valence-corrected chi connectivity index (χ3v) is 2.91. The summed E-state index contributed by atoms with van der Waals surface area (Å²) in [4.78, 5) is 23.6. The monoisotopic (exact) mass is 228 g/mol. The fourth-order valence-electron chi connectivity index (χ4n) is 1.78. The molecule has 1 heterocycles. The molecule has 0 aromatic rings. The van der Waals surface area contributed by atoms with Gasteiger partial charge in [0.15, 0.2) is 0 Å². The molecule has 2 amide bonds. The quantitative estimate of drug-likeness (QED) is 0.719. The first kappa shape index (κ1) is 12.8. The Morgan fingerprint density at radius 3 is 2.94 bits per heavy atom. The molecule has 0 aliphatic carbocycles. The highest BCUT2D eigenvalue weighted by Gasteiger charge is 2.17. The van der Waals surface area contributed by atoms with Gasteiger partial charge in [0, 0.05) is 26.1 Å². The summed E-state index contributed by atoms with van der Waals surface area (Å²) in [6.45, 7) is 4.35. The predicted octanol–water partition coefficient (Wildman–Crippen LogP) is 1.29. The Labute approximate surface area is 95.8 Å². The lowest BCUT2D eigenvalue weighted by atomic mass is 10.0. The van der Waals surface area contributed by atoms with Crippen LogP contribution in [0.2, 0.25) is 0 Å². The summed E-state index contributed by atoms with van der Waals surface area (Å²) in [5.74, 6) is -0.395. The molecule has 0 saturated carbocycles. The van der Waals surface area contributed by atoms with Crippen molar-refractivity contribution in [3.63, 3.8) is 0 Å². The molecule has 0 spiro atoms. The second-order valence-electron chi connectivity index (χ2n) is 4.40. The topological polar surface area (TPSA) is 69.6 Å². The zero-order valence-electron chi connectivity index (χ0n) is 9.74. The molecule has 16 heavy (non-hydrogen) atoms. The third-order valence-electron chi connectivity index (χ3n) is 2.91. The van der Waals surface area contributed by atoms with Gasteiger partial charge in [0.05, 0.1) is 0 Å². The van der Waals surface area contributed by atoms with E-state index in [1.807, 2.05) is 6.92 Å². The van der Waals surface area contributed by atoms with E-state index in [0.29, 0.717) is 12.3 Å². The van der Waals surface area contributed by atoms with Gasteiger partial charge in [-0.05, 0) is 25.2 Å². The van der Waals surface area contributed by atoms with Crippen molar-refractivity contribution in [1.29, 1.82) is 0 Å². The molecule has 1 fully saturated rings. The molecule has 0 aromatic heterocycles. The van der Waals surface area contributed by atoms with Crippen molar-refractivity contribution in [2.45, 2.75) is 32.6 Å². The van der Waals surface area contributed by atoms with E-state index in [2.05, 4.69) is 5.32 Å². The number of hydrogen-bond donors (Lipinski definition) is 2. The number of carboxylic acids is 1. The Kier molecular flexibility index (Phi) is 5.08. The van der Waals surface area contributed by atoms with Crippen molar-refractivity contribution in [2.24, 2.45) is 5.92 Å². The number of nitrogens with zero attached hydrogens (tertiary/aromatic N) is 1. The van der Waals surface area contributed by atoms with Crippen LogP contribution in [0.1, 0.15) is 32.6 Å². The fourth-order valence-corrected chi connectivity index (χ4v) is 1.78. The van der Waals surface area contributed by atoms with E-state index >= 15 is 0 Å². The van der Waals surface area contributed by atoms with E-state index in [9.17, 15) is 9.59 Å². The van der Waals surface area contributed by atoms with Crippen LogP contribution in [-0.4, -0.2) is 41.6 Å². The smallest absolute Gasteiger partial charge is 0.317 e. The second-order valence-corrected chi connectivity index (χ2v) is 4.40. The van der Waals surface area contributed by atoms with Crippen LogP contribution in [0.3, 0.4) is 0 Å². The van der Waals surface area contributed by atoms with E-state index in [1.54, 1.807) is 4.90 Å². The second kappa shape index (κ2) is 6.35. The minimum Gasteiger partial charge on any atom is -0.481 e. The van der Waals surface area contributed by atoms with Gasteiger partial charge in [0.1, 0.15) is 0 Å². The van der Waals surface area contributed by atoms with Gasteiger partial charge in [-0.2, -0.15) is 0 Å². The summed E-state index contributed by atoms with van der Waals surface area (Å²) < 4.78 is 0. The number of rotatable bonds is 6. The lowest BCUT2D eigenvalue weighted by Gasteiger charge is -2.28. The highest BCUT2D eigenvalue weighted by molar-refractivity contribution is 5.74. The zero-order valence-corrected chi connectivity index (χ0v) is 9.74. The van der Waals surface area contributed by atoms with Gasteiger partial charge in [-0.25, -0.2) is 4.79 Å². The molecule has 2 N–H and O–H groups in total. The maximum atomic E-state index is 11.4. The summed E-state index contributed by atoms with van der Waals surface area (Å²) >= 11 is 0. The van der Waals surface area contributed by atoms with E-state index < -0.39 is 5.97 Å². The standard InChI is InChI=1S/C11H20N2O3/c1-9(3-4-10(14)15)5-8-13-7-2-6-12-11(13)16/h9H,2-8H2,1H3,(H,12,16)(H,14,15). The van der Waals surface area contributed by atoms with Crippen LogP contribution in [0.15, 0.2) is 0 Å². The van der Waals surface area contributed by atoms with Crippen molar-refractivity contribution in [3.05, 3.63) is 0 Å². The van der Waals surface area contributed by atoms with Crippen molar-refractivity contribution in [1.82, 2.24) is 10.2 Å². The number of carboxylic acid groups (broad SMARTS) is 1. The molecule has 1 unspecified atom stereocenters. The Balaban J connectivity index is 2.17. The number of carbonyl (C=O) groups is 2. The zero-order chi connectivity index (χ0) is 12.0. The maximum absolute atomic E-state index is 11.4. The first-order valence-electron chi connectivity index (χ1n) is 5.84. The number of carbonyl (C=O) groups excluding carboxylic acids is 1. The van der Waals surface area contributed by atoms with E-state index in [0.717, 1.165) is 32.5 Å². The molecule has 0 bridgehead atoms. The van der Waals surface area contributed by atoms with E-state index in [-0.39, 0.29) is 12.5 Å². The van der Waals surface area contributed by atoms with Crippen LogP contribution in [-0.2, 0) is 4.79 Å². The van der Waals surface area contributed by atoms with Gasteiger partial charge in [-0.1, -0.05) is 6.92 Å². The molecule has 1 aliphatic heterocycles. The molecule has 1 rings (SSSR count). The SMILES string of the molecule is CC(CCC(=O)O)CCN1CCCNC1=O. The van der Waals surface area contributed by atoms with Crippen LogP contribution in [0.4, 0.5) is 4.79 Å². The number of urea groups is 1. The van der Waals surface area contributed by atoms with Gasteiger partial charge < -0.3 is 15.3 Å². The van der Waals surface area contributed by atoms with Gasteiger partial charge in [-0.3, -0.25) is 4.79 Å². The van der Waals surface area contributed by atoms with Crippen LogP contribution in [0.25, 0.3) is 0 Å². The molecular weight excluding hydrogens is 208 g/mol. The summed E-state index contributed by atoms with van der Waals surface area (Å²) in [5.41, 5.74) is 0. The Morgan fingerprint density at radius 1 is 1.56 bits per heavy atom. The average molecular weight is 228 g/mol. The maximum Gasteiger partial charge on any atom is 0.317 e. The number of amides is 2. The van der Waals surface area contributed by atoms with Crippen LogP contribution in [0.5, 0.6) is 0 Å². The highest BCUT2D eigenvalue weighted by atomic mass is 16.4. The predicted molar refractivity (Wildman–Crippen MR) is 60.2 cm³/mol. The van der Waals surface area contributed by atoms with E-state index in [4.69, 9.17) is 5.11 Å². The molecule has 0 aromatic carbocycles.